The molecule has 2 N–H and O–H groups in total. The Morgan fingerprint density at radius 1 is 1.45 bits per heavy atom. The monoisotopic (exact) mass is 278 g/mol. The van der Waals surface area contributed by atoms with E-state index in [0.717, 1.165) is 32.0 Å². The fraction of sp³-hybridized carbons (Fsp3) is 0.571. The van der Waals surface area contributed by atoms with Crippen molar-refractivity contribution in [1.29, 1.82) is 0 Å². The fourth-order valence-corrected chi connectivity index (χ4v) is 2.32. The third-order valence-electron chi connectivity index (χ3n) is 3.35. The van der Waals surface area contributed by atoms with Crippen molar-refractivity contribution in [2.24, 2.45) is 0 Å². The molecule has 0 spiro atoms. The molecule has 6 nitrogen and oxygen atoms in total. The largest absolute Gasteiger partial charge is 0.379 e. The molecule has 6 heteroatoms. The number of nitrogens with one attached hydrogen (secondary N) is 2. The Hall–Kier alpha value is -1.50. The second-order valence-electron chi connectivity index (χ2n) is 4.75. The number of nitrogens with zero attached hydrogens (tertiary/aromatic N) is 2. The van der Waals surface area contributed by atoms with Gasteiger partial charge in [0.25, 0.3) is 0 Å². The normalized spacial score (nSPS) is 17.6. The maximum atomic E-state index is 11.6. The molecule has 20 heavy (non-hydrogen) atoms. The van der Waals surface area contributed by atoms with E-state index in [9.17, 15) is 4.79 Å². The summed E-state index contributed by atoms with van der Waals surface area (Å²) in [6, 6.07) is 5.98. The Bertz CT molecular complexity index is 407. The van der Waals surface area contributed by atoms with Crippen molar-refractivity contribution in [3.63, 3.8) is 0 Å². The Morgan fingerprint density at radius 3 is 2.90 bits per heavy atom. The van der Waals surface area contributed by atoms with E-state index >= 15 is 0 Å². The second kappa shape index (κ2) is 7.94. The van der Waals surface area contributed by atoms with E-state index in [0.29, 0.717) is 13.1 Å². The van der Waals surface area contributed by atoms with E-state index in [1.165, 1.54) is 0 Å². The lowest BCUT2D eigenvalue weighted by Gasteiger charge is -2.34. The number of amides is 1. The van der Waals surface area contributed by atoms with Crippen LogP contribution in [0.1, 0.15) is 11.7 Å². The van der Waals surface area contributed by atoms with E-state index < -0.39 is 0 Å². The van der Waals surface area contributed by atoms with Crippen molar-refractivity contribution in [3.05, 3.63) is 30.1 Å². The molecule has 1 saturated heterocycles. The highest BCUT2D eigenvalue weighted by Gasteiger charge is 2.23. The standard InChI is InChI=1S/C14H22N4O2/c1-15-11-14(19)17-10-13(12-4-2-3-5-16-12)18-6-8-20-9-7-18/h2-5,13,15H,6-11H2,1H3,(H,17,19). The highest BCUT2D eigenvalue weighted by atomic mass is 16.5. The highest BCUT2D eigenvalue weighted by Crippen LogP contribution is 2.18. The van der Waals surface area contributed by atoms with E-state index in [4.69, 9.17) is 4.74 Å². The van der Waals surface area contributed by atoms with Crippen LogP contribution in [0.4, 0.5) is 0 Å². The zero-order chi connectivity index (χ0) is 14.2. The van der Waals surface area contributed by atoms with Crippen molar-refractivity contribution in [3.8, 4) is 0 Å². The maximum absolute atomic E-state index is 11.6. The number of hydrogen-bond donors (Lipinski definition) is 2. The highest BCUT2D eigenvalue weighted by molar-refractivity contribution is 5.77. The van der Waals surface area contributed by atoms with Gasteiger partial charge < -0.3 is 15.4 Å². The molecule has 1 aromatic heterocycles. The lowest BCUT2D eigenvalue weighted by molar-refractivity contribution is -0.120. The van der Waals surface area contributed by atoms with Gasteiger partial charge in [-0.15, -0.1) is 0 Å². The minimum atomic E-state index is 0.00157. The molecule has 1 aromatic rings. The van der Waals surface area contributed by atoms with Gasteiger partial charge in [0.2, 0.25) is 5.91 Å². The predicted octanol–water partition coefficient (Wildman–Crippen LogP) is -0.210. The summed E-state index contributed by atoms with van der Waals surface area (Å²) in [6.45, 7) is 4.09. The van der Waals surface area contributed by atoms with Gasteiger partial charge in [-0.2, -0.15) is 0 Å². The van der Waals surface area contributed by atoms with Gasteiger partial charge >= 0.3 is 0 Å². The van der Waals surface area contributed by atoms with Crippen molar-refractivity contribution < 1.29 is 9.53 Å². The summed E-state index contributed by atoms with van der Waals surface area (Å²) in [5.74, 6) is 0.00157. The van der Waals surface area contributed by atoms with E-state index in [1.54, 1.807) is 13.2 Å². The van der Waals surface area contributed by atoms with Crippen LogP contribution in [0.3, 0.4) is 0 Å². The number of aromatic nitrogens is 1. The Labute approximate surface area is 119 Å². The van der Waals surface area contributed by atoms with Crippen LogP contribution in [0.5, 0.6) is 0 Å². The molecule has 0 aromatic carbocycles. The molecule has 0 bridgehead atoms. The minimum absolute atomic E-state index is 0.00157. The molecule has 1 aliphatic rings. The van der Waals surface area contributed by atoms with E-state index in [1.807, 2.05) is 18.2 Å². The molecule has 1 atom stereocenters. The molecule has 110 valence electrons. The third kappa shape index (κ3) is 4.26. The first kappa shape index (κ1) is 14.9. The third-order valence-corrected chi connectivity index (χ3v) is 3.35. The van der Waals surface area contributed by atoms with Crippen LogP contribution in [-0.4, -0.2) is 62.2 Å². The van der Waals surface area contributed by atoms with Crippen molar-refractivity contribution in [1.82, 2.24) is 20.5 Å². The molecule has 2 rings (SSSR count). The Morgan fingerprint density at radius 2 is 2.25 bits per heavy atom. The van der Waals surface area contributed by atoms with Gasteiger partial charge in [-0.3, -0.25) is 14.7 Å². The van der Waals surface area contributed by atoms with Gasteiger partial charge in [-0.25, -0.2) is 0 Å². The van der Waals surface area contributed by atoms with Crippen LogP contribution in [0.2, 0.25) is 0 Å². The molecular formula is C14H22N4O2. The average molecular weight is 278 g/mol. The van der Waals surface area contributed by atoms with Crippen molar-refractivity contribution in [2.45, 2.75) is 6.04 Å². The van der Waals surface area contributed by atoms with Gasteiger partial charge in [0.15, 0.2) is 0 Å². The zero-order valence-electron chi connectivity index (χ0n) is 11.8. The number of rotatable bonds is 6. The van der Waals surface area contributed by atoms with Crippen LogP contribution in [0.25, 0.3) is 0 Å². The Kier molecular flexibility index (Phi) is 5.91. The number of hydrogen-bond acceptors (Lipinski definition) is 5. The topological polar surface area (TPSA) is 66.5 Å². The first-order valence-corrected chi connectivity index (χ1v) is 6.95. The average Bonchev–Trinajstić information content (AvgIpc) is 2.50. The van der Waals surface area contributed by atoms with Gasteiger partial charge in [0.05, 0.1) is 31.5 Å². The summed E-state index contributed by atoms with van der Waals surface area (Å²) in [4.78, 5) is 18.4. The van der Waals surface area contributed by atoms with E-state index in [-0.39, 0.29) is 11.9 Å². The summed E-state index contributed by atoms with van der Waals surface area (Å²) < 4.78 is 5.39. The molecule has 0 aliphatic carbocycles. The summed E-state index contributed by atoms with van der Waals surface area (Å²) in [5, 5.41) is 5.80. The van der Waals surface area contributed by atoms with Gasteiger partial charge in [-0.05, 0) is 19.2 Å². The zero-order valence-corrected chi connectivity index (χ0v) is 11.8. The quantitative estimate of drug-likeness (QED) is 0.754. The van der Waals surface area contributed by atoms with Crippen LogP contribution < -0.4 is 10.6 Å². The lowest BCUT2D eigenvalue weighted by atomic mass is 10.1. The lowest BCUT2D eigenvalue weighted by Crippen LogP contribution is -2.45. The van der Waals surface area contributed by atoms with Crippen molar-refractivity contribution >= 4 is 5.91 Å². The molecule has 0 saturated carbocycles. The summed E-state index contributed by atoms with van der Waals surface area (Å²) >= 11 is 0. The molecule has 0 radical (unpaired) electrons. The summed E-state index contributed by atoms with van der Waals surface area (Å²) in [5.41, 5.74) is 0.985. The van der Waals surface area contributed by atoms with E-state index in [2.05, 4.69) is 20.5 Å². The summed E-state index contributed by atoms with van der Waals surface area (Å²) in [7, 11) is 1.76. The fourth-order valence-electron chi connectivity index (χ4n) is 2.32. The van der Waals surface area contributed by atoms with Gasteiger partial charge in [-0.1, -0.05) is 6.07 Å². The SMILES string of the molecule is CNCC(=O)NCC(c1ccccn1)N1CCOCC1. The van der Waals surface area contributed by atoms with Gasteiger partial charge in [0, 0.05) is 25.8 Å². The van der Waals surface area contributed by atoms with Crippen LogP contribution in [-0.2, 0) is 9.53 Å². The number of pyridine rings is 1. The molecular weight excluding hydrogens is 256 g/mol. The molecule has 1 unspecified atom stereocenters. The smallest absolute Gasteiger partial charge is 0.234 e. The second-order valence-corrected chi connectivity index (χ2v) is 4.75. The predicted molar refractivity (Wildman–Crippen MR) is 76.3 cm³/mol. The van der Waals surface area contributed by atoms with Gasteiger partial charge in [0.1, 0.15) is 0 Å². The number of carbonyl (C=O) groups excluding carboxylic acids is 1. The Balaban J connectivity index is 2.02. The first-order valence-electron chi connectivity index (χ1n) is 6.95. The number of ether oxygens (including phenoxy) is 1. The number of likely N-dealkylation sites (N-methyl/N-ethyl adjacent to an activating group) is 1. The number of morpholine rings is 1. The first-order chi connectivity index (χ1) is 9.81. The van der Waals surface area contributed by atoms with Crippen LogP contribution in [0, 0.1) is 0 Å². The minimum Gasteiger partial charge on any atom is -0.379 e. The van der Waals surface area contributed by atoms with Crippen LogP contribution in [0.15, 0.2) is 24.4 Å². The molecule has 1 fully saturated rings. The van der Waals surface area contributed by atoms with Crippen molar-refractivity contribution in [2.75, 3.05) is 46.4 Å². The molecule has 1 aliphatic heterocycles. The van der Waals surface area contributed by atoms with Crippen LogP contribution >= 0.6 is 0 Å². The summed E-state index contributed by atoms with van der Waals surface area (Å²) in [6.07, 6.45) is 1.79. The molecule has 2 heterocycles. The maximum Gasteiger partial charge on any atom is 0.234 e. The number of carbonyl (C=O) groups is 1. The molecule has 1 amide bonds.